The minimum absolute atomic E-state index is 0.165. The van der Waals surface area contributed by atoms with Crippen LogP contribution < -0.4 is 14.8 Å². The second-order valence-electron chi connectivity index (χ2n) is 5.23. The Morgan fingerprint density at radius 2 is 2.13 bits per heavy atom. The molecular formula is C16H18N2O5. The SMILES string of the molecule is CCN1C(=O)NC(c2ccc3c(c2)OCO3)C(C(=O)OC)=C1C. The van der Waals surface area contributed by atoms with Gasteiger partial charge in [-0.25, -0.2) is 9.59 Å². The van der Waals surface area contributed by atoms with E-state index in [1.807, 2.05) is 6.92 Å². The number of rotatable bonds is 3. The van der Waals surface area contributed by atoms with E-state index >= 15 is 0 Å². The summed E-state index contributed by atoms with van der Waals surface area (Å²) >= 11 is 0. The number of nitrogens with one attached hydrogen (secondary N) is 1. The number of benzene rings is 1. The molecule has 2 aliphatic rings. The average molecular weight is 318 g/mol. The van der Waals surface area contributed by atoms with E-state index < -0.39 is 12.0 Å². The third kappa shape index (κ3) is 2.48. The molecule has 7 nitrogen and oxygen atoms in total. The zero-order valence-electron chi connectivity index (χ0n) is 13.2. The lowest BCUT2D eigenvalue weighted by molar-refractivity contribution is -0.136. The second kappa shape index (κ2) is 5.83. The third-order valence-corrected chi connectivity index (χ3v) is 4.05. The average Bonchev–Trinajstić information content (AvgIpc) is 3.01. The molecular weight excluding hydrogens is 300 g/mol. The first-order valence-corrected chi connectivity index (χ1v) is 7.33. The maximum Gasteiger partial charge on any atom is 0.337 e. The van der Waals surface area contributed by atoms with Crippen molar-refractivity contribution < 1.29 is 23.8 Å². The van der Waals surface area contributed by atoms with Crippen molar-refractivity contribution in [3.8, 4) is 11.5 Å². The fourth-order valence-corrected chi connectivity index (χ4v) is 2.88. The standard InChI is InChI=1S/C16H18N2O5/c1-4-18-9(2)13(15(19)21-3)14(17-16(18)20)10-5-6-11-12(7-10)23-8-22-11/h5-7,14H,4,8H2,1-3H3,(H,17,20). The summed E-state index contributed by atoms with van der Waals surface area (Å²) < 4.78 is 15.6. The number of urea groups is 1. The monoisotopic (exact) mass is 318 g/mol. The fraction of sp³-hybridized carbons (Fsp3) is 0.375. The number of carbonyl (C=O) groups is 2. The molecule has 0 bridgehead atoms. The van der Waals surface area contributed by atoms with Crippen LogP contribution in [-0.4, -0.2) is 37.3 Å². The summed E-state index contributed by atoms with van der Waals surface area (Å²) in [5, 5.41) is 2.85. The van der Waals surface area contributed by atoms with Crippen LogP contribution in [0.1, 0.15) is 25.5 Å². The smallest absolute Gasteiger partial charge is 0.337 e. The fourth-order valence-electron chi connectivity index (χ4n) is 2.88. The van der Waals surface area contributed by atoms with Gasteiger partial charge in [-0.3, -0.25) is 4.90 Å². The van der Waals surface area contributed by atoms with E-state index in [9.17, 15) is 9.59 Å². The summed E-state index contributed by atoms with van der Waals surface area (Å²) in [5.74, 6) is 0.770. The van der Waals surface area contributed by atoms with E-state index in [1.54, 1.807) is 25.1 Å². The van der Waals surface area contributed by atoms with Crippen LogP contribution in [0.15, 0.2) is 29.5 Å². The molecule has 0 fully saturated rings. The van der Waals surface area contributed by atoms with Gasteiger partial charge in [-0.1, -0.05) is 6.07 Å². The number of nitrogens with zero attached hydrogens (tertiary/aromatic N) is 1. The molecule has 0 aliphatic carbocycles. The predicted octanol–water partition coefficient (Wildman–Crippen LogP) is 1.95. The molecule has 1 aromatic rings. The van der Waals surface area contributed by atoms with Crippen molar-refractivity contribution in [2.24, 2.45) is 0 Å². The van der Waals surface area contributed by atoms with Crippen LogP contribution in [-0.2, 0) is 9.53 Å². The number of hydrogen-bond donors (Lipinski definition) is 1. The Balaban J connectivity index is 2.07. The van der Waals surface area contributed by atoms with Gasteiger partial charge in [0.25, 0.3) is 0 Å². The molecule has 0 saturated heterocycles. The topological polar surface area (TPSA) is 77.1 Å². The van der Waals surface area contributed by atoms with Gasteiger partial charge < -0.3 is 19.5 Å². The quantitative estimate of drug-likeness (QED) is 0.862. The molecule has 1 unspecified atom stereocenters. The van der Waals surface area contributed by atoms with E-state index in [0.29, 0.717) is 29.3 Å². The molecule has 7 heteroatoms. The van der Waals surface area contributed by atoms with Crippen molar-refractivity contribution in [2.45, 2.75) is 19.9 Å². The Bertz CT molecular complexity index is 698. The number of amides is 2. The second-order valence-corrected chi connectivity index (χ2v) is 5.23. The summed E-state index contributed by atoms with van der Waals surface area (Å²) in [6.45, 7) is 4.22. The summed E-state index contributed by atoms with van der Waals surface area (Å²) in [7, 11) is 1.33. The zero-order chi connectivity index (χ0) is 16.6. The Hall–Kier alpha value is -2.70. The van der Waals surface area contributed by atoms with Crippen LogP contribution >= 0.6 is 0 Å². The summed E-state index contributed by atoms with van der Waals surface area (Å²) in [5.41, 5.74) is 1.73. The molecule has 2 amide bonds. The van der Waals surface area contributed by atoms with Gasteiger partial charge in [-0.15, -0.1) is 0 Å². The van der Waals surface area contributed by atoms with Gasteiger partial charge in [-0.2, -0.15) is 0 Å². The van der Waals surface area contributed by atoms with Gasteiger partial charge in [0.05, 0.1) is 18.7 Å². The summed E-state index contributed by atoms with van der Waals surface area (Å²) in [4.78, 5) is 26.0. The Kier molecular flexibility index (Phi) is 3.85. The molecule has 2 aliphatic heterocycles. The first-order chi connectivity index (χ1) is 11.1. The molecule has 23 heavy (non-hydrogen) atoms. The minimum atomic E-state index is -0.591. The Morgan fingerprint density at radius 3 is 2.83 bits per heavy atom. The van der Waals surface area contributed by atoms with Crippen LogP contribution in [0.25, 0.3) is 0 Å². The number of esters is 1. The van der Waals surface area contributed by atoms with E-state index in [2.05, 4.69) is 5.32 Å². The molecule has 122 valence electrons. The third-order valence-electron chi connectivity index (χ3n) is 4.05. The molecule has 0 radical (unpaired) electrons. The molecule has 0 saturated carbocycles. The number of carbonyl (C=O) groups excluding carboxylic acids is 2. The minimum Gasteiger partial charge on any atom is -0.466 e. The highest BCUT2D eigenvalue weighted by atomic mass is 16.7. The zero-order valence-corrected chi connectivity index (χ0v) is 13.2. The number of ether oxygens (including phenoxy) is 3. The normalized spacial score (nSPS) is 19.7. The van der Waals surface area contributed by atoms with Crippen molar-refractivity contribution in [1.82, 2.24) is 10.2 Å². The number of allylic oxidation sites excluding steroid dienone is 1. The maximum absolute atomic E-state index is 12.3. The molecule has 3 rings (SSSR count). The van der Waals surface area contributed by atoms with E-state index in [1.165, 1.54) is 12.0 Å². The van der Waals surface area contributed by atoms with Gasteiger partial charge in [0.1, 0.15) is 0 Å². The van der Waals surface area contributed by atoms with E-state index in [4.69, 9.17) is 14.2 Å². The first-order valence-electron chi connectivity index (χ1n) is 7.33. The Morgan fingerprint density at radius 1 is 1.39 bits per heavy atom. The molecule has 1 N–H and O–H groups in total. The van der Waals surface area contributed by atoms with Gasteiger partial charge in [0.2, 0.25) is 6.79 Å². The predicted molar refractivity (Wildman–Crippen MR) is 80.9 cm³/mol. The van der Waals surface area contributed by atoms with Gasteiger partial charge in [0, 0.05) is 12.2 Å². The summed E-state index contributed by atoms with van der Waals surface area (Å²) in [6.07, 6.45) is 0. The molecule has 1 atom stereocenters. The van der Waals surface area contributed by atoms with E-state index in [0.717, 1.165) is 5.56 Å². The van der Waals surface area contributed by atoms with Crippen LogP contribution in [0, 0.1) is 0 Å². The van der Waals surface area contributed by atoms with Crippen molar-refractivity contribution in [2.75, 3.05) is 20.4 Å². The van der Waals surface area contributed by atoms with Crippen molar-refractivity contribution in [1.29, 1.82) is 0 Å². The number of fused-ring (bicyclic) bond motifs is 1. The maximum atomic E-state index is 12.3. The lowest BCUT2D eigenvalue weighted by Gasteiger charge is -2.34. The lowest BCUT2D eigenvalue weighted by Crippen LogP contribution is -2.47. The van der Waals surface area contributed by atoms with Gasteiger partial charge in [-0.05, 0) is 31.5 Å². The Labute approximate surface area is 133 Å². The van der Waals surface area contributed by atoms with Crippen LogP contribution in [0.4, 0.5) is 4.79 Å². The number of hydrogen-bond acceptors (Lipinski definition) is 5. The van der Waals surface area contributed by atoms with Crippen molar-refractivity contribution >= 4 is 12.0 Å². The molecule has 1 aromatic carbocycles. The number of methoxy groups -OCH3 is 1. The van der Waals surface area contributed by atoms with Crippen molar-refractivity contribution in [3.05, 3.63) is 35.0 Å². The van der Waals surface area contributed by atoms with E-state index in [-0.39, 0.29) is 12.8 Å². The van der Waals surface area contributed by atoms with Crippen molar-refractivity contribution in [3.63, 3.8) is 0 Å². The van der Waals surface area contributed by atoms with Gasteiger partial charge >= 0.3 is 12.0 Å². The highest BCUT2D eigenvalue weighted by molar-refractivity contribution is 5.95. The van der Waals surface area contributed by atoms with Crippen LogP contribution in [0.2, 0.25) is 0 Å². The molecule has 0 aromatic heterocycles. The summed E-state index contributed by atoms with van der Waals surface area (Å²) in [6, 6.07) is 4.49. The molecule has 0 spiro atoms. The highest BCUT2D eigenvalue weighted by Gasteiger charge is 2.36. The van der Waals surface area contributed by atoms with Crippen LogP contribution in [0.5, 0.6) is 11.5 Å². The van der Waals surface area contributed by atoms with Crippen LogP contribution in [0.3, 0.4) is 0 Å². The highest BCUT2D eigenvalue weighted by Crippen LogP contribution is 2.38. The molecule has 2 heterocycles. The van der Waals surface area contributed by atoms with Gasteiger partial charge in [0.15, 0.2) is 11.5 Å². The largest absolute Gasteiger partial charge is 0.466 e. The first kappa shape index (κ1) is 15.2. The lowest BCUT2D eigenvalue weighted by atomic mass is 9.94.